The van der Waals surface area contributed by atoms with E-state index in [4.69, 9.17) is 21.1 Å². The van der Waals surface area contributed by atoms with Crippen LogP contribution in [0.25, 0.3) is 0 Å². The highest BCUT2D eigenvalue weighted by atomic mass is 35.5. The first kappa shape index (κ1) is 19.9. The van der Waals surface area contributed by atoms with E-state index in [1.54, 1.807) is 12.1 Å². The van der Waals surface area contributed by atoms with Gasteiger partial charge in [0.2, 0.25) is 10.0 Å². The summed E-state index contributed by atoms with van der Waals surface area (Å²) in [6.45, 7) is 3.56. The molecule has 2 aromatic rings. The predicted molar refractivity (Wildman–Crippen MR) is 106 cm³/mol. The summed E-state index contributed by atoms with van der Waals surface area (Å²) in [7, 11) is -2.27. The Morgan fingerprint density at radius 3 is 2.52 bits per heavy atom. The van der Waals surface area contributed by atoms with Crippen LogP contribution in [-0.2, 0) is 21.2 Å². The monoisotopic (exact) mass is 410 g/mol. The molecule has 1 heterocycles. The zero-order valence-corrected chi connectivity index (χ0v) is 16.7. The molecule has 0 saturated carbocycles. The average Bonchev–Trinajstić information content (AvgIpc) is 2.69. The van der Waals surface area contributed by atoms with Gasteiger partial charge in [-0.3, -0.25) is 0 Å². The molecule has 3 rings (SSSR count). The molecular formula is C19H23ClN2O4S. The minimum absolute atomic E-state index is 0.0418. The average molecular weight is 411 g/mol. The smallest absolute Gasteiger partial charge is 0.244 e. The van der Waals surface area contributed by atoms with Gasteiger partial charge in [0.05, 0.1) is 20.3 Å². The van der Waals surface area contributed by atoms with Crippen molar-refractivity contribution < 1.29 is 17.9 Å². The Balaban J connectivity index is 1.59. The van der Waals surface area contributed by atoms with Crippen LogP contribution in [0.5, 0.6) is 5.75 Å². The van der Waals surface area contributed by atoms with Gasteiger partial charge >= 0.3 is 0 Å². The molecule has 0 unspecified atom stereocenters. The molecular weight excluding hydrogens is 388 g/mol. The van der Waals surface area contributed by atoms with Crippen LogP contribution in [0.15, 0.2) is 47.4 Å². The van der Waals surface area contributed by atoms with Gasteiger partial charge < -0.3 is 14.4 Å². The van der Waals surface area contributed by atoms with E-state index in [2.05, 4.69) is 21.8 Å². The van der Waals surface area contributed by atoms with Gasteiger partial charge in [0.15, 0.2) is 0 Å². The van der Waals surface area contributed by atoms with Gasteiger partial charge in [-0.1, -0.05) is 23.7 Å². The molecule has 27 heavy (non-hydrogen) atoms. The molecule has 2 aromatic carbocycles. The van der Waals surface area contributed by atoms with E-state index < -0.39 is 10.0 Å². The molecule has 0 bridgehead atoms. The number of rotatable bonds is 7. The Bertz CT molecular complexity index is 866. The van der Waals surface area contributed by atoms with Crippen molar-refractivity contribution >= 4 is 27.3 Å². The molecule has 6 nitrogen and oxygen atoms in total. The Hall–Kier alpha value is -1.80. The van der Waals surface area contributed by atoms with Gasteiger partial charge in [0.1, 0.15) is 10.6 Å². The van der Waals surface area contributed by atoms with Crippen LogP contribution in [-0.4, -0.2) is 48.4 Å². The normalized spacial score (nSPS) is 15.0. The number of sulfonamides is 1. The third-order valence-electron chi connectivity index (χ3n) is 4.43. The summed E-state index contributed by atoms with van der Waals surface area (Å²) in [6.07, 6.45) is 0.589. The van der Waals surface area contributed by atoms with E-state index in [0.29, 0.717) is 11.4 Å². The number of anilines is 1. The second-order valence-corrected chi connectivity index (χ2v) is 8.38. The number of halogens is 1. The lowest BCUT2D eigenvalue weighted by Crippen LogP contribution is -2.36. The van der Waals surface area contributed by atoms with Crippen LogP contribution in [0.3, 0.4) is 0 Å². The lowest BCUT2D eigenvalue weighted by Gasteiger charge is -2.28. The highest BCUT2D eigenvalue weighted by molar-refractivity contribution is 7.89. The summed E-state index contributed by atoms with van der Waals surface area (Å²) < 4.78 is 38.2. The molecule has 0 spiro atoms. The third kappa shape index (κ3) is 5.13. The first-order valence-corrected chi connectivity index (χ1v) is 10.6. The van der Waals surface area contributed by atoms with Crippen molar-refractivity contribution in [2.24, 2.45) is 0 Å². The number of hydrogen-bond donors (Lipinski definition) is 1. The molecule has 8 heteroatoms. The molecule has 0 radical (unpaired) electrons. The first-order chi connectivity index (χ1) is 13.0. The maximum atomic E-state index is 12.5. The van der Waals surface area contributed by atoms with Crippen LogP contribution in [0.1, 0.15) is 5.56 Å². The molecule has 1 fully saturated rings. The van der Waals surface area contributed by atoms with E-state index in [9.17, 15) is 8.42 Å². The lowest BCUT2D eigenvalue weighted by molar-refractivity contribution is 0.122. The number of hydrogen-bond acceptors (Lipinski definition) is 5. The summed E-state index contributed by atoms with van der Waals surface area (Å²) in [4.78, 5) is 2.32. The van der Waals surface area contributed by atoms with Crippen molar-refractivity contribution in [3.05, 3.63) is 53.1 Å². The number of nitrogens with zero attached hydrogens (tertiary/aromatic N) is 1. The SMILES string of the molecule is COc1ccc(Cl)cc1S(=O)(=O)NCCc1ccc(N2CCOCC2)cc1. The summed E-state index contributed by atoms with van der Waals surface area (Å²) in [5.41, 5.74) is 2.22. The number of benzene rings is 2. The fourth-order valence-electron chi connectivity index (χ4n) is 2.96. The zero-order valence-electron chi connectivity index (χ0n) is 15.2. The van der Waals surface area contributed by atoms with Crippen LogP contribution in [0.2, 0.25) is 5.02 Å². The minimum Gasteiger partial charge on any atom is -0.495 e. The van der Waals surface area contributed by atoms with Gasteiger partial charge in [-0.25, -0.2) is 13.1 Å². The quantitative estimate of drug-likeness (QED) is 0.760. The number of nitrogens with one attached hydrogen (secondary N) is 1. The molecule has 0 atom stereocenters. The fraction of sp³-hybridized carbons (Fsp3) is 0.368. The first-order valence-electron chi connectivity index (χ1n) is 8.74. The Kier molecular flexibility index (Phi) is 6.59. The summed E-state index contributed by atoms with van der Waals surface area (Å²) in [5, 5.41) is 0.342. The largest absolute Gasteiger partial charge is 0.495 e. The van der Waals surface area contributed by atoms with Crippen LogP contribution in [0.4, 0.5) is 5.69 Å². The highest BCUT2D eigenvalue weighted by Gasteiger charge is 2.19. The third-order valence-corrected chi connectivity index (χ3v) is 6.15. The lowest BCUT2D eigenvalue weighted by atomic mass is 10.1. The van der Waals surface area contributed by atoms with E-state index in [1.165, 1.54) is 13.2 Å². The maximum absolute atomic E-state index is 12.5. The van der Waals surface area contributed by atoms with Gasteiger partial charge in [-0.15, -0.1) is 0 Å². The number of methoxy groups -OCH3 is 1. The van der Waals surface area contributed by atoms with Gasteiger partial charge in [0.25, 0.3) is 0 Å². The summed E-state index contributed by atoms with van der Waals surface area (Å²) in [6, 6.07) is 12.7. The van der Waals surface area contributed by atoms with Crippen molar-refractivity contribution in [2.45, 2.75) is 11.3 Å². The zero-order chi connectivity index (χ0) is 19.3. The fourth-order valence-corrected chi connectivity index (χ4v) is 4.42. The summed E-state index contributed by atoms with van der Waals surface area (Å²) >= 11 is 5.93. The van der Waals surface area contributed by atoms with E-state index in [0.717, 1.165) is 37.6 Å². The Morgan fingerprint density at radius 1 is 1.15 bits per heavy atom. The number of morpholine rings is 1. The highest BCUT2D eigenvalue weighted by Crippen LogP contribution is 2.26. The van der Waals surface area contributed by atoms with Gasteiger partial charge in [-0.2, -0.15) is 0 Å². The standard InChI is InChI=1S/C19H23ClN2O4S/c1-25-18-7-4-16(20)14-19(18)27(23,24)21-9-8-15-2-5-17(6-3-15)22-10-12-26-13-11-22/h2-7,14,21H,8-13H2,1H3. The maximum Gasteiger partial charge on any atom is 0.244 e. The van der Waals surface area contributed by atoms with Crippen molar-refractivity contribution in [3.8, 4) is 5.75 Å². The van der Waals surface area contributed by atoms with Crippen LogP contribution < -0.4 is 14.4 Å². The van der Waals surface area contributed by atoms with E-state index in [-0.39, 0.29) is 17.2 Å². The van der Waals surface area contributed by atoms with Crippen LogP contribution >= 0.6 is 11.6 Å². The topological polar surface area (TPSA) is 67.9 Å². The molecule has 1 aliphatic rings. The molecule has 0 aliphatic carbocycles. The minimum atomic E-state index is -3.70. The molecule has 1 N–H and O–H groups in total. The molecule has 1 saturated heterocycles. The van der Waals surface area contributed by atoms with Crippen molar-refractivity contribution in [2.75, 3.05) is 44.9 Å². The predicted octanol–water partition coefficient (Wildman–Crippen LogP) is 2.71. The molecule has 0 amide bonds. The van der Waals surface area contributed by atoms with Crippen molar-refractivity contribution in [1.82, 2.24) is 4.72 Å². The second-order valence-electron chi connectivity index (χ2n) is 6.21. The Morgan fingerprint density at radius 2 is 1.85 bits per heavy atom. The van der Waals surface area contributed by atoms with Gasteiger partial charge in [0, 0.05) is 30.3 Å². The molecule has 146 valence electrons. The van der Waals surface area contributed by atoms with E-state index in [1.807, 2.05) is 12.1 Å². The van der Waals surface area contributed by atoms with E-state index >= 15 is 0 Å². The molecule has 1 aliphatic heterocycles. The second kappa shape index (κ2) is 8.93. The van der Waals surface area contributed by atoms with Gasteiger partial charge in [-0.05, 0) is 42.3 Å². The number of ether oxygens (including phenoxy) is 2. The molecule has 0 aromatic heterocycles. The summed E-state index contributed by atoms with van der Waals surface area (Å²) in [5.74, 6) is 0.266. The van der Waals surface area contributed by atoms with Crippen molar-refractivity contribution in [3.63, 3.8) is 0 Å². The Labute approximate surface area is 165 Å². The van der Waals surface area contributed by atoms with Crippen LogP contribution in [0, 0.1) is 0 Å². The van der Waals surface area contributed by atoms with Crippen molar-refractivity contribution in [1.29, 1.82) is 0 Å².